The highest BCUT2D eigenvalue weighted by molar-refractivity contribution is 7.10. The van der Waals surface area contributed by atoms with Gasteiger partial charge in [-0.05, 0) is 17.5 Å². The first-order valence-electron chi connectivity index (χ1n) is 4.59. The van der Waals surface area contributed by atoms with Crippen molar-refractivity contribution in [2.45, 2.75) is 13.1 Å². The first kappa shape index (κ1) is 10.4. The lowest BCUT2D eigenvalue weighted by Gasteiger charge is -1.99. The number of rotatable bonds is 4. The molecule has 0 radical (unpaired) electrons. The first-order chi connectivity index (χ1) is 7.38. The van der Waals surface area contributed by atoms with Crippen molar-refractivity contribution in [3.05, 3.63) is 44.3 Å². The Bertz CT molecular complexity index is 451. The SMILES string of the molecule is N#Cc1csc(CNCc2cccs2)c1. The Kier molecular flexibility index (Phi) is 3.51. The maximum atomic E-state index is 8.66. The lowest BCUT2D eigenvalue weighted by atomic mass is 10.3. The third-order valence-electron chi connectivity index (χ3n) is 1.96. The van der Waals surface area contributed by atoms with Gasteiger partial charge in [-0.25, -0.2) is 0 Å². The molecular formula is C11H10N2S2. The maximum absolute atomic E-state index is 8.66. The van der Waals surface area contributed by atoms with Gasteiger partial charge in [0.05, 0.1) is 5.56 Å². The van der Waals surface area contributed by atoms with Gasteiger partial charge in [0.15, 0.2) is 0 Å². The molecule has 2 aromatic rings. The summed E-state index contributed by atoms with van der Waals surface area (Å²) in [6.07, 6.45) is 0. The van der Waals surface area contributed by atoms with Crippen LogP contribution in [0.4, 0.5) is 0 Å². The van der Waals surface area contributed by atoms with E-state index in [2.05, 4.69) is 28.9 Å². The van der Waals surface area contributed by atoms with E-state index in [0.717, 1.165) is 18.7 Å². The molecule has 0 aromatic carbocycles. The molecule has 2 rings (SSSR count). The van der Waals surface area contributed by atoms with Crippen LogP contribution in [-0.2, 0) is 13.1 Å². The molecule has 0 saturated heterocycles. The van der Waals surface area contributed by atoms with Crippen LogP contribution in [0.5, 0.6) is 0 Å². The Morgan fingerprint density at radius 2 is 2.13 bits per heavy atom. The summed E-state index contributed by atoms with van der Waals surface area (Å²) in [5.74, 6) is 0. The van der Waals surface area contributed by atoms with Crippen LogP contribution < -0.4 is 5.32 Å². The van der Waals surface area contributed by atoms with Crippen molar-refractivity contribution in [1.82, 2.24) is 5.32 Å². The number of thiophene rings is 2. The van der Waals surface area contributed by atoms with Crippen molar-refractivity contribution in [2.75, 3.05) is 0 Å². The van der Waals surface area contributed by atoms with E-state index in [4.69, 9.17) is 5.26 Å². The molecule has 1 N–H and O–H groups in total. The molecule has 0 atom stereocenters. The zero-order valence-electron chi connectivity index (χ0n) is 8.06. The summed E-state index contributed by atoms with van der Waals surface area (Å²) >= 11 is 3.39. The van der Waals surface area contributed by atoms with E-state index < -0.39 is 0 Å². The molecule has 15 heavy (non-hydrogen) atoms. The minimum atomic E-state index is 0.757. The molecule has 0 unspecified atom stereocenters. The lowest BCUT2D eigenvalue weighted by Crippen LogP contribution is -2.10. The third-order valence-corrected chi connectivity index (χ3v) is 3.77. The zero-order valence-corrected chi connectivity index (χ0v) is 9.70. The molecule has 0 bridgehead atoms. The third kappa shape index (κ3) is 2.90. The van der Waals surface area contributed by atoms with Crippen LogP contribution in [-0.4, -0.2) is 0 Å². The maximum Gasteiger partial charge on any atom is 0.100 e. The fraction of sp³-hybridized carbons (Fsp3) is 0.182. The van der Waals surface area contributed by atoms with Crippen molar-refractivity contribution in [3.8, 4) is 6.07 Å². The molecule has 0 aliphatic rings. The van der Waals surface area contributed by atoms with Crippen LogP contribution in [0.3, 0.4) is 0 Å². The molecule has 0 saturated carbocycles. The van der Waals surface area contributed by atoms with E-state index in [9.17, 15) is 0 Å². The first-order valence-corrected chi connectivity index (χ1v) is 6.35. The van der Waals surface area contributed by atoms with Crippen LogP contribution in [0.1, 0.15) is 15.3 Å². The van der Waals surface area contributed by atoms with Gasteiger partial charge in [0.25, 0.3) is 0 Å². The smallest absolute Gasteiger partial charge is 0.100 e. The molecule has 2 aromatic heterocycles. The Morgan fingerprint density at radius 3 is 2.80 bits per heavy atom. The summed E-state index contributed by atoms with van der Waals surface area (Å²) in [6, 6.07) is 8.25. The Balaban J connectivity index is 1.81. The quantitative estimate of drug-likeness (QED) is 0.882. The molecule has 0 spiro atoms. The number of nitriles is 1. The van der Waals surface area contributed by atoms with Gasteiger partial charge in [0.1, 0.15) is 6.07 Å². The molecular weight excluding hydrogens is 224 g/mol. The van der Waals surface area contributed by atoms with Gasteiger partial charge in [-0.2, -0.15) is 5.26 Å². The Hall–Kier alpha value is -1.15. The highest BCUT2D eigenvalue weighted by Gasteiger charge is 1.99. The molecule has 4 heteroatoms. The summed E-state index contributed by atoms with van der Waals surface area (Å²) in [6.45, 7) is 1.74. The lowest BCUT2D eigenvalue weighted by molar-refractivity contribution is 0.709. The van der Waals surface area contributed by atoms with Gasteiger partial charge in [-0.3, -0.25) is 0 Å². The molecule has 2 nitrogen and oxygen atoms in total. The van der Waals surface area contributed by atoms with Gasteiger partial charge in [0.2, 0.25) is 0 Å². The molecule has 0 aliphatic heterocycles. The minimum absolute atomic E-state index is 0.757. The Labute approximate surface area is 96.8 Å². The molecule has 0 aliphatic carbocycles. The van der Waals surface area contributed by atoms with Crippen molar-refractivity contribution >= 4 is 22.7 Å². The van der Waals surface area contributed by atoms with Gasteiger partial charge in [-0.15, -0.1) is 22.7 Å². The van der Waals surface area contributed by atoms with Crippen LogP contribution in [0.25, 0.3) is 0 Å². The van der Waals surface area contributed by atoms with Gasteiger partial charge in [0, 0.05) is 28.2 Å². The second-order valence-corrected chi connectivity index (χ2v) is 5.12. The second-order valence-electron chi connectivity index (χ2n) is 3.10. The zero-order chi connectivity index (χ0) is 10.5. The molecule has 0 amide bonds. The van der Waals surface area contributed by atoms with E-state index in [1.807, 2.05) is 11.4 Å². The van der Waals surface area contributed by atoms with Gasteiger partial charge < -0.3 is 5.32 Å². The summed E-state index contributed by atoms with van der Waals surface area (Å²) in [5.41, 5.74) is 0.757. The topological polar surface area (TPSA) is 35.8 Å². The van der Waals surface area contributed by atoms with E-state index >= 15 is 0 Å². The summed E-state index contributed by atoms with van der Waals surface area (Å²) in [4.78, 5) is 2.55. The summed E-state index contributed by atoms with van der Waals surface area (Å²) < 4.78 is 0. The van der Waals surface area contributed by atoms with E-state index in [-0.39, 0.29) is 0 Å². The van der Waals surface area contributed by atoms with E-state index in [0.29, 0.717) is 0 Å². The number of hydrogen-bond donors (Lipinski definition) is 1. The largest absolute Gasteiger partial charge is 0.307 e. The molecule has 2 heterocycles. The second kappa shape index (κ2) is 5.08. The highest BCUT2D eigenvalue weighted by Crippen LogP contribution is 2.14. The number of nitrogens with zero attached hydrogens (tertiary/aromatic N) is 1. The van der Waals surface area contributed by atoms with E-state index in [1.54, 1.807) is 22.7 Å². The number of hydrogen-bond acceptors (Lipinski definition) is 4. The minimum Gasteiger partial charge on any atom is -0.307 e. The van der Waals surface area contributed by atoms with Gasteiger partial charge >= 0.3 is 0 Å². The average Bonchev–Trinajstić information content (AvgIpc) is 2.88. The monoisotopic (exact) mass is 234 g/mol. The highest BCUT2D eigenvalue weighted by atomic mass is 32.1. The van der Waals surface area contributed by atoms with Crippen LogP contribution in [0.15, 0.2) is 29.0 Å². The van der Waals surface area contributed by atoms with Crippen LogP contribution in [0.2, 0.25) is 0 Å². The van der Waals surface area contributed by atoms with Crippen molar-refractivity contribution in [1.29, 1.82) is 5.26 Å². The van der Waals surface area contributed by atoms with Crippen molar-refractivity contribution in [3.63, 3.8) is 0 Å². The van der Waals surface area contributed by atoms with E-state index in [1.165, 1.54) is 9.75 Å². The van der Waals surface area contributed by atoms with Crippen molar-refractivity contribution < 1.29 is 0 Å². The van der Waals surface area contributed by atoms with Crippen LogP contribution >= 0.6 is 22.7 Å². The summed E-state index contributed by atoms with van der Waals surface area (Å²) in [5, 5.41) is 16.0. The fourth-order valence-corrected chi connectivity index (χ4v) is 2.71. The fourth-order valence-electron chi connectivity index (χ4n) is 1.25. The molecule has 0 fully saturated rings. The van der Waals surface area contributed by atoms with Gasteiger partial charge in [-0.1, -0.05) is 6.07 Å². The average molecular weight is 234 g/mol. The van der Waals surface area contributed by atoms with Crippen LogP contribution in [0, 0.1) is 11.3 Å². The predicted molar refractivity (Wildman–Crippen MR) is 63.9 cm³/mol. The predicted octanol–water partition coefficient (Wildman–Crippen LogP) is 2.97. The molecule has 76 valence electrons. The summed E-state index contributed by atoms with van der Waals surface area (Å²) in [7, 11) is 0. The van der Waals surface area contributed by atoms with Crippen molar-refractivity contribution in [2.24, 2.45) is 0 Å². The standard InChI is InChI=1S/C11H10N2S2/c12-5-9-4-11(15-8-9)7-13-6-10-2-1-3-14-10/h1-4,8,13H,6-7H2. The Morgan fingerprint density at radius 1 is 1.27 bits per heavy atom. The number of nitrogens with one attached hydrogen (secondary N) is 1. The normalized spacial score (nSPS) is 10.1.